The fraction of sp³-hybridized carbons (Fsp3) is 0.0625. The van der Waals surface area contributed by atoms with Crippen LogP contribution in [0.3, 0.4) is 0 Å². The van der Waals surface area contributed by atoms with Crippen molar-refractivity contribution in [3.05, 3.63) is 63.9 Å². The lowest BCUT2D eigenvalue weighted by molar-refractivity contribution is 1.36. The van der Waals surface area contributed by atoms with Gasteiger partial charge in [0, 0.05) is 20.6 Å². The summed E-state index contributed by atoms with van der Waals surface area (Å²) in [6.07, 6.45) is 0. The summed E-state index contributed by atoms with van der Waals surface area (Å²) in [5.41, 5.74) is 3.24. The standard InChI is InChI=1S/C16H13BrN2S/c1-11-15(12-6-3-2-4-7-12)19-16(20-11)18-14-9-5-8-13(17)10-14/h2-10H,1H3,(H,18,19). The molecule has 1 N–H and O–H groups in total. The van der Waals surface area contributed by atoms with Crippen LogP contribution in [0.25, 0.3) is 11.3 Å². The van der Waals surface area contributed by atoms with Gasteiger partial charge >= 0.3 is 0 Å². The first-order chi connectivity index (χ1) is 9.72. The van der Waals surface area contributed by atoms with Gasteiger partial charge in [-0.25, -0.2) is 4.98 Å². The van der Waals surface area contributed by atoms with E-state index in [2.05, 4.69) is 40.3 Å². The Hall–Kier alpha value is -1.65. The second-order valence-electron chi connectivity index (χ2n) is 4.43. The first kappa shape index (κ1) is 13.3. The number of rotatable bonds is 3. The van der Waals surface area contributed by atoms with Crippen LogP contribution in [0, 0.1) is 6.92 Å². The number of aryl methyl sites for hydroxylation is 1. The van der Waals surface area contributed by atoms with Crippen LogP contribution in [0.4, 0.5) is 10.8 Å². The van der Waals surface area contributed by atoms with E-state index in [0.717, 1.165) is 26.5 Å². The highest BCUT2D eigenvalue weighted by Crippen LogP contribution is 2.32. The Kier molecular flexibility index (Phi) is 3.85. The van der Waals surface area contributed by atoms with Gasteiger partial charge in [0.2, 0.25) is 0 Å². The van der Waals surface area contributed by atoms with Gasteiger partial charge in [0.25, 0.3) is 0 Å². The highest BCUT2D eigenvalue weighted by Gasteiger charge is 2.09. The summed E-state index contributed by atoms with van der Waals surface area (Å²) < 4.78 is 1.05. The van der Waals surface area contributed by atoms with E-state index >= 15 is 0 Å². The number of anilines is 2. The number of benzene rings is 2. The molecule has 0 saturated carbocycles. The van der Waals surface area contributed by atoms with Crippen LogP contribution in [-0.4, -0.2) is 4.98 Å². The highest BCUT2D eigenvalue weighted by molar-refractivity contribution is 9.10. The Morgan fingerprint density at radius 3 is 2.60 bits per heavy atom. The summed E-state index contributed by atoms with van der Waals surface area (Å²) in [5.74, 6) is 0. The monoisotopic (exact) mass is 344 g/mol. The van der Waals surface area contributed by atoms with Crippen LogP contribution in [-0.2, 0) is 0 Å². The van der Waals surface area contributed by atoms with Gasteiger partial charge in [0.05, 0.1) is 5.69 Å². The van der Waals surface area contributed by atoms with Crippen LogP contribution in [0.1, 0.15) is 4.88 Å². The summed E-state index contributed by atoms with van der Waals surface area (Å²) in [4.78, 5) is 5.91. The predicted octanol–water partition coefficient (Wildman–Crippen LogP) is 5.62. The predicted molar refractivity (Wildman–Crippen MR) is 89.7 cm³/mol. The van der Waals surface area contributed by atoms with Crippen LogP contribution in [0.15, 0.2) is 59.1 Å². The third-order valence-corrected chi connectivity index (χ3v) is 4.30. The van der Waals surface area contributed by atoms with Crippen LogP contribution < -0.4 is 5.32 Å². The number of aromatic nitrogens is 1. The number of hydrogen-bond acceptors (Lipinski definition) is 3. The minimum Gasteiger partial charge on any atom is -0.331 e. The van der Waals surface area contributed by atoms with E-state index in [-0.39, 0.29) is 0 Å². The molecule has 1 aromatic heterocycles. The Morgan fingerprint density at radius 1 is 1.05 bits per heavy atom. The molecular weight excluding hydrogens is 332 g/mol. The van der Waals surface area contributed by atoms with Crippen molar-refractivity contribution in [1.82, 2.24) is 4.98 Å². The van der Waals surface area contributed by atoms with Gasteiger partial charge in [0.1, 0.15) is 0 Å². The molecule has 0 saturated heterocycles. The van der Waals surface area contributed by atoms with Gasteiger partial charge in [-0.2, -0.15) is 0 Å². The molecule has 20 heavy (non-hydrogen) atoms. The zero-order valence-corrected chi connectivity index (χ0v) is 13.3. The van der Waals surface area contributed by atoms with Crippen molar-refractivity contribution < 1.29 is 0 Å². The third kappa shape index (κ3) is 2.92. The molecular formula is C16H13BrN2S. The van der Waals surface area contributed by atoms with Gasteiger partial charge in [-0.1, -0.05) is 52.3 Å². The summed E-state index contributed by atoms with van der Waals surface area (Å²) in [5, 5.41) is 4.27. The van der Waals surface area contributed by atoms with Crippen molar-refractivity contribution in [2.75, 3.05) is 5.32 Å². The molecule has 3 rings (SSSR count). The molecule has 0 radical (unpaired) electrons. The molecule has 0 amide bonds. The van der Waals surface area contributed by atoms with Gasteiger partial charge in [0.15, 0.2) is 5.13 Å². The molecule has 4 heteroatoms. The Morgan fingerprint density at radius 2 is 1.85 bits per heavy atom. The number of hydrogen-bond donors (Lipinski definition) is 1. The Bertz CT molecular complexity index is 722. The van der Waals surface area contributed by atoms with E-state index in [0.29, 0.717) is 0 Å². The molecule has 0 unspecified atom stereocenters. The lowest BCUT2D eigenvalue weighted by Crippen LogP contribution is -1.89. The molecule has 0 aliphatic rings. The summed E-state index contributed by atoms with van der Waals surface area (Å²) >= 11 is 5.15. The number of thiazole rings is 1. The molecule has 3 aromatic rings. The quantitative estimate of drug-likeness (QED) is 0.666. The van der Waals surface area contributed by atoms with Crippen molar-refractivity contribution >= 4 is 38.1 Å². The molecule has 0 fully saturated rings. The minimum atomic E-state index is 0.916. The second kappa shape index (κ2) is 5.77. The van der Waals surface area contributed by atoms with Crippen LogP contribution in [0.5, 0.6) is 0 Å². The smallest absolute Gasteiger partial charge is 0.187 e. The molecule has 2 nitrogen and oxygen atoms in total. The zero-order valence-electron chi connectivity index (χ0n) is 10.9. The van der Waals surface area contributed by atoms with Crippen molar-refractivity contribution in [3.63, 3.8) is 0 Å². The molecule has 0 aliphatic carbocycles. The summed E-state index contributed by atoms with van der Waals surface area (Å²) in [6, 6.07) is 18.4. The van der Waals surface area contributed by atoms with E-state index in [9.17, 15) is 0 Å². The van der Waals surface area contributed by atoms with E-state index < -0.39 is 0 Å². The topological polar surface area (TPSA) is 24.9 Å². The molecule has 0 spiro atoms. The molecule has 0 aliphatic heterocycles. The fourth-order valence-electron chi connectivity index (χ4n) is 2.00. The normalized spacial score (nSPS) is 10.5. The van der Waals surface area contributed by atoms with E-state index in [1.807, 2.05) is 42.5 Å². The summed E-state index contributed by atoms with van der Waals surface area (Å²) in [6.45, 7) is 2.10. The van der Waals surface area contributed by atoms with Crippen molar-refractivity contribution in [2.45, 2.75) is 6.92 Å². The lowest BCUT2D eigenvalue weighted by atomic mass is 10.1. The fourth-order valence-corrected chi connectivity index (χ4v) is 3.26. The maximum absolute atomic E-state index is 4.70. The number of nitrogens with one attached hydrogen (secondary N) is 1. The van der Waals surface area contributed by atoms with Crippen molar-refractivity contribution in [2.24, 2.45) is 0 Å². The third-order valence-electron chi connectivity index (χ3n) is 2.92. The van der Waals surface area contributed by atoms with Crippen molar-refractivity contribution in [3.8, 4) is 11.3 Å². The maximum Gasteiger partial charge on any atom is 0.187 e. The SMILES string of the molecule is Cc1sc(Nc2cccc(Br)c2)nc1-c1ccccc1. The minimum absolute atomic E-state index is 0.916. The second-order valence-corrected chi connectivity index (χ2v) is 6.54. The number of nitrogens with zero attached hydrogens (tertiary/aromatic N) is 1. The highest BCUT2D eigenvalue weighted by atomic mass is 79.9. The zero-order chi connectivity index (χ0) is 13.9. The van der Waals surface area contributed by atoms with E-state index in [1.54, 1.807) is 11.3 Å². The number of halogens is 1. The van der Waals surface area contributed by atoms with E-state index in [1.165, 1.54) is 4.88 Å². The van der Waals surface area contributed by atoms with Gasteiger partial charge < -0.3 is 5.32 Å². The maximum atomic E-state index is 4.70. The van der Waals surface area contributed by atoms with Crippen molar-refractivity contribution in [1.29, 1.82) is 0 Å². The molecule has 0 atom stereocenters. The van der Waals surface area contributed by atoms with Crippen LogP contribution in [0.2, 0.25) is 0 Å². The van der Waals surface area contributed by atoms with E-state index in [4.69, 9.17) is 4.98 Å². The lowest BCUT2D eigenvalue weighted by Gasteiger charge is -2.02. The summed E-state index contributed by atoms with van der Waals surface area (Å²) in [7, 11) is 0. The first-order valence-corrected chi connectivity index (χ1v) is 7.89. The average molecular weight is 345 g/mol. The Labute approximate surface area is 130 Å². The average Bonchev–Trinajstić information content (AvgIpc) is 2.80. The largest absolute Gasteiger partial charge is 0.331 e. The molecule has 0 bridgehead atoms. The molecule has 2 aromatic carbocycles. The first-order valence-electron chi connectivity index (χ1n) is 6.28. The van der Waals surface area contributed by atoms with Gasteiger partial charge in [-0.15, -0.1) is 11.3 Å². The molecule has 100 valence electrons. The van der Waals surface area contributed by atoms with Crippen LogP contribution >= 0.6 is 27.3 Å². The van der Waals surface area contributed by atoms with Gasteiger partial charge in [-0.05, 0) is 25.1 Å². The Balaban J connectivity index is 1.90. The molecule has 1 heterocycles. The van der Waals surface area contributed by atoms with Gasteiger partial charge in [-0.3, -0.25) is 0 Å².